The highest BCUT2D eigenvalue weighted by molar-refractivity contribution is 7.00. The van der Waals surface area contributed by atoms with E-state index < -0.39 is 0 Å². The average molecular weight is 790 g/mol. The highest BCUT2D eigenvalue weighted by Crippen LogP contribution is 2.51. The lowest BCUT2D eigenvalue weighted by atomic mass is 9.33. The summed E-state index contributed by atoms with van der Waals surface area (Å²) in [6.45, 7) is 15.8. The molecule has 0 unspecified atom stereocenters. The van der Waals surface area contributed by atoms with Gasteiger partial charge in [0.05, 0.1) is 11.4 Å². The molecule has 296 valence electrons. The molecule has 0 atom stereocenters. The quantitative estimate of drug-likeness (QED) is 0.162. The van der Waals surface area contributed by atoms with Gasteiger partial charge in [-0.3, -0.25) is 0 Å². The smallest absolute Gasteiger partial charge is 0.252 e. The predicted octanol–water partition coefficient (Wildman–Crippen LogP) is 13.7. The SMILES string of the molecule is Cc1ccccc1N1c2cc(N(c3ccccc3)c3cccc4c3oc3c(C(C)(C)C)cccc34)cc3c2B(c2cccc(C)c21)c1cccc(C)c1N3c1ccccc1C. The average Bonchev–Trinajstić information content (AvgIpc) is 3.65. The summed E-state index contributed by atoms with van der Waals surface area (Å²) in [5, 5.41) is 2.24. The van der Waals surface area contributed by atoms with Crippen LogP contribution >= 0.6 is 0 Å². The highest BCUT2D eigenvalue weighted by Gasteiger charge is 2.45. The van der Waals surface area contributed by atoms with Gasteiger partial charge in [-0.15, -0.1) is 0 Å². The molecule has 0 saturated heterocycles. The lowest BCUT2D eigenvalue weighted by Gasteiger charge is -2.46. The van der Waals surface area contributed by atoms with E-state index in [0.717, 1.165) is 39.0 Å². The number of hydrogen-bond donors (Lipinski definition) is 0. The van der Waals surface area contributed by atoms with Crippen LogP contribution in [0.5, 0.6) is 0 Å². The summed E-state index contributed by atoms with van der Waals surface area (Å²) in [7, 11) is 0. The third-order valence-electron chi connectivity index (χ3n) is 13.0. The van der Waals surface area contributed by atoms with Crippen molar-refractivity contribution in [3.8, 4) is 0 Å². The minimum Gasteiger partial charge on any atom is -0.454 e. The summed E-state index contributed by atoms with van der Waals surface area (Å²) in [4.78, 5) is 7.52. The fourth-order valence-electron chi connectivity index (χ4n) is 10.3. The van der Waals surface area contributed by atoms with Crippen LogP contribution in [-0.2, 0) is 5.41 Å². The molecule has 0 fully saturated rings. The second-order valence-corrected chi connectivity index (χ2v) is 18.0. The van der Waals surface area contributed by atoms with Crippen molar-refractivity contribution in [2.75, 3.05) is 14.7 Å². The van der Waals surface area contributed by atoms with Crippen molar-refractivity contribution in [1.29, 1.82) is 0 Å². The number of furan rings is 1. The van der Waals surface area contributed by atoms with Gasteiger partial charge in [0.1, 0.15) is 5.58 Å². The summed E-state index contributed by atoms with van der Waals surface area (Å²) < 4.78 is 7.14. The molecule has 4 nitrogen and oxygen atoms in total. The predicted molar refractivity (Wildman–Crippen MR) is 260 cm³/mol. The minimum absolute atomic E-state index is 0.0178. The number of para-hydroxylation sites is 7. The molecule has 2 aliphatic rings. The van der Waals surface area contributed by atoms with E-state index in [1.54, 1.807) is 0 Å². The monoisotopic (exact) mass is 789 g/mol. The van der Waals surface area contributed by atoms with Crippen LogP contribution in [0.1, 0.15) is 48.6 Å². The van der Waals surface area contributed by atoms with Crippen LogP contribution in [0.2, 0.25) is 0 Å². The van der Waals surface area contributed by atoms with Crippen molar-refractivity contribution >= 4 is 96.2 Å². The molecule has 61 heavy (non-hydrogen) atoms. The number of benzene rings is 8. The van der Waals surface area contributed by atoms with Crippen molar-refractivity contribution < 1.29 is 4.42 Å². The molecule has 8 aromatic carbocycles. The molecule has 0 aliphatic carbocycles. The first kappa shape index (κ1) is 37.1. The molecule has 2 aliphatic heterocycles. The maximum Gasteiger partial charge on any atom is 0.252 e. The minimum atomic E-state index is -0.0920. The first-order valence-corrected chi connectivity index (χ1v) is 21.5. The second-order valence-electron chi connectivity index (χ2n) is 18.0. The zero-order valence-corrected chi connectivity index (χ0v) is 35.9. The first-order chi connectivity index (χ1) is 29.6. The number of aryl methyl sites for hydroxylation is 4. The zero-order chi connectivity index (χ0) is 41.7. The van der Waals surface area contributed by atoms with Crippen molar-refractivity contribution in [2.24, 2.45) is 0 Å². The summed E-state index contributed by atoms with van der Waals surface area (Å²) in [6, 6.07) is 60.3. The summed E-state index contributed by atoms with van der Waals surface area (Å²) in [5.74, 6) is 0. The number of hydrogen-bond acceptors (Lipinski definition) is 4. The van der Waals surface area contributed by atoms with E-state index in [-0.39, 0.29) is 12.1 Å². The molecule has 5 heteroatoms. The van der Waals surface area contributed by atoms with Crippen molar-refractivity contribution in [2.45, 2.75) is 53.9 Å². The Balaban J connectivity index is 1.29. The molecule has 0 saturated carbocycles. The highest BCUT2D eigenvalue weighted by atomic mass is 16.3. The Bertz CT molecular complexity index is 3090. The van der Waals surface area contributed by atoms with Gasteiger partial charge in [-0.05, 0) is 114 Å². The standard InChI is InChI=1S/C56H48BN3O/c1-35-19-11-13-30-46(35)59-49-33-40(58(39-23-9-8-10-24-39)48-32-18-26-42-41-25-17-27-43(56(5,6)7)54(41)61-55(42)48)34-50-51(49)57(44-28-15-21-37(3)52(44)59)45-29-16-22-38(4)53(45)60(50)47-31-14-12-20-36(47)2/h8-34H,1-7H3. The molecular weight excluding hydrogens is 741 g/mol. The molecule has 0 radical (unpaired) electrons. The molecule has 0 spiro atoms. The van der Waals surface area contributed by atoms with E-state index in [9.17, 15) is 0 Å². The van der Waals surface area contributed by atoms with E-state index in [1.807, 2.05) is 0 Å². The maximum absolute atomic E-state index is 7.14. The van der Waals surface area contributed by atoms with Gasteiger partial charge in [0.25, 0.3) is 6.71 Å². The zero-order valence-electron chi connectivity index (χ0n) is 35.9. The van der Waals surface area contributed by atoms with Crippen molar-refractivity contribution in [3.05, 3.63) is 192 Å². The third-order valence-corrected chi connectivity index (χ3v) is 13.0. The summed E-state index contributed by atoms with van der Waals surface area (Å²) in [6.07, 6.45) is 0. The van der Waals surface area contributed by atoms with Crippen LogP contribution in [0.4, 0.5) is 51.2 Å². The van der Waals surface area contributed by atoms with Crippen LogP contribution in [0.3, 0.4) is 0 Å². The normalized spacial score (nSPS) is 13.1. The summed E-state index contributed by atoms with van der Waals surface area (Å²) >= 11 is 0. The maximum atomic E-state index is 7.14. The Morgan fingerprint density at radius 3 is 1.51 bits per heavy atom. The molecule has 0 amide bonds. The second kappa shape index (κ2) is 13.8. The van der Waals surface area contributed by atoms with E-state index >= 15 is 0 Å². The van der Waals surface area contributed by atoms with Gasteiger partial charge in [-0.25, -0.2) is 0 Å². The van der Waals surface area contributed by atoms with Gasteiger partial charge in [0.15, 0.2) is 5.58 Å². The van der Waals surface area contributed by atoms with E-state index in [1.165, 1.54) is 78.3 Å². The van der Waals surface area contributed by atoms with Crippen LogP contribution in [0.25, 0.3) is 21.9 Å². The van der Waals surface area contributed by atoms with Gasteiger partial charge in [-0.2, -0.15) is 0 Å². The number of anilines is 9. The molecule has 9 aromatic rings. The molecule has 3 heterocycles. The van der Waals surface area contributed by atoms with E-state index in [2.05, 4.69) is 227 Å². The number of rotatable bonds is 5. The number of nitrogens with zero attached hydrogens (tertiary/aromatic N) is 3. The van der Waals surface area contributed by atoms with Crippen LogP contribution in [0.15, 0.2) is 168 Å². The van der Waals surface area contributed by atoms with Crippen molar-refractivity contribution in [3.63, 3.8) is 0 Å². The van der Waals surface area contributed by atoms with Gasteiger partial charge in [-0.1, -0.05) is 142 Å². The third kappa shape index (κ3) is 5.60. The largest absolute Gasteiger partial charge is 0.454 e. The van der Waals surface area contributed by atoms with Crippen molar-refractivity contribution in [1.82, 2.24) is 0 Å². The van der Waals surface area contributed by atoms with Gasteiger partial charge in [0.2, 0.25) is 0 Å². The molecule has 0 N–H and O–H groups in total. The topological polar surface area (TPSA) is 22.9 Å². The number of fused-ring (bicyclic) bond motifs is 7. The molecule has 0 bridgehead atoms. The van der Waals surface area contributed by atoms with Gasteiger partial charge < -0.3 is 19.1 Å². The van der Waals surface area contributed by atoms with E-state index in [0.29, 0.717) is 0 Å². The molecular formula is C56H48BN3O. The van der Waals surface area contributed by atoms with Crippen LogP contribution in [0, 0.1) is 27.7 Å². The van der Waals surface area contributed by atoms with Gasteiger partial charge >= 0.3 is 0 Å². The Kier molecular flexibility index (Phi) is 8.38. The summed E-state index contributed by atoms with van der Waals surface area (Å²) in [5.41, 5.74) is 22.1. The van der Waals surface area contributed by atoms with E-state index in [4.69, 9.17) is 4.42 Å². The lowest BCUT2D eigenvalue weighted by molar-refractivity contribution is 0.573. The Labute approximate surface area is 359 Å². The Hall–Kier alpha value is -6.98. The van der Waals surface area contributed by atoms with Crippen LogP contribution < -0.4 is 31.1 Å². The lowest BCUT2D eigenvalue weighted by Crippen LogP contribution is -2.61. The Morgan fingerprint density at radius 1 is 0.459 bits per heavy atom. The van der Waals surface area contributed by atoms with Gasteiger partial charge in [0, 0.05) is 56.1 Å². The first-order valence-electron chi connectivity index (χ1n) is 21.5. The molecule has 1 aromatic heterocycles. The fourth-order valence-corrected chi connectivity index (χ4v) is 10.3. The fraction of sp³-hybridized carbons (Fsp3) is 0.143. The van der Waals surface area contributed by atoms with Crippen LogP contribution in [-0.4, -0.2) is 6.71 Å². The Morgan fingerprint density at radius 2 is 0.951 bits per heavy atom. The molecule has 11 rings (SSSR count).